The fourth-order valence-electron chi connectivity index (χ4n) is 3.34. The van der Waals surface area contributed by atoms with Crippen LogP contribution in [0.15, 0.2) is 54.1 Å². The summed E-state index contributed by atoms with van der Waals surface area (Å²) >= 11 is 6.01. The van der Waals surface area contributed by atoms with Crippen molar-refractivity contribution in [2.24, 2.45) is 0 Å². The van der Waals surface area contributed by atoms with Gasteiger partial charge in [-0.05, 0) is 43.9 Å². The maximum atomic E-state index is 12.9. The third kappa shape index (κ3) is 4.28. The SMILES string of the molecule is COc1cccc(/C(O)=C2\C(=O)C(=O)N(CCN(C)C)[C@@H]2c2ccc(Cl)cc2)c1. The second-order valence-electron chi connectivity index (χ2n) is 7.08. The van der Waals surface area contributed by atoms with Crippen LogP contribution in [0.2, 0.25) is 5.02 Å². The Hall–Kier alpha value is -2.83. The van der Waals surface area contributed by atoms with Gasteiger partial charge >= 0.3 is 0 Å². The fraction of sp³-hybridized carbons (Fsp3) is 0.273. The molecule has 6 nitrogen and oxygen atoms in total. The highest BCUT2D eigenvalue weighted by atomic mass is 35.5. The topological polar surface area (TPSA) is 70.1 Å². The third-order valence-electron chi connectivity index (χ3n) is 4.86. The minimum atomic E-state index is -0.705. The normalized spacial score (nSPS) is 18.5. The maximum absolute atomic E-state index is 12.9. The fourth-order valence-corrected chi connectivity index (χ4v) is 3.46. The number of hydrogen-bond donors (Lipinski definition) is 1. The van der Waals surface area contributed by atoms with Crippen LogP contribution in [0.5, 0.6) is 5.75 Å². The lowest BCUT2D eigenvalue weighted by atomic mass is 9.95. The van der Waals surface area contributed by atoms with Gasteiger partial charge in [-0.1, -0.05) is 35.9 Å². The highest BCUT2D eigenvalue weighted by molar-refractivity contribution is 6.46. The standard InChI is InChI=1S/C22H23ClN2O4/c1-24(2)11-12-25-19(14-7-9-16(23)10-8-14)18(21(27)22(25)28)20(26)15-5-4-6-17(13-15)29-3/h4-10,13,19,26H,11-12H2,1-3H3/b20-18+/t19-/m1/s1. The summed E-state index contributed by atoms with van der Waals surface area (Å²) in [6, 6.07) is 13.0. The molecule has 1 heterocycles. The van der Waals surface area contributed by atoms with E-state index in [1.807, 2.05) is 19.0 Å². The zero-order chi connectivity index (χ0) is 21.1. The number of carbonyl (C=O) groups excluding carboxylic acids is 2. The van der Waals surface area contributed by atoms with E-state index in [4.69, 9.17) is 16.3 Å². The van der Waals surface area contributed by atoms with Gasteiger partial charge in [0.1, 0.15) is 11.5 Å². The number of rotatable bonds is 6. The van der Waals surface area contributed by atoms with Gasteiger partial charge in [0, 0.05) is 23.7 Å². The number of nitrogens with zero attached hydrogens (tertiary/aromatic N) is 2. The number of halogens is 1. The molecule has 152 valence electrons. The molecule has 0 spiro atoms. The van der Waals surface area contributed by atoms with Crippen molar-refractivity contribution in [2.75, 3.05) is 34.3 Å². The molecule has 2 aromatic rings. The predicted octanol–water partition coefficient (Wildman–Crippen LogP) is 3.33. The van der Waals surface area contributed by atoms with E-state index in [1.54, 1.807) is 48.5 Å². The minimum Gasteiger partial charge on any atom is -0.507 e. The zero-order valence-corrected chi connectivity index (χ0v) is 17.3. The Morgan fingerprint density at radius 3 is 2.48 bits per heavy atom. The molecule has 0 aliphatic carbocycles. The van der Waals surface area contributed by atoms with E-state index in [1.165, 1.54) is 12.0 Å². The van der Waals surface area contributed by atoms with Gasteiger partial charge in [-0.3, -0.25) is 9.59 Å². The highest BCUT2D eigenvalue weighted by Gasteiger charge is 2.45. The molecule has 2 aromatic carbocycles. The van der Waals surface area contributed by atoms with Crippen LogP contribution in [-0.4, -0.2) is 60.9 Å². The number of benzene rings is 2. The number of aliphatic hydroxyl groups is 1. The molecule has 0 saturated carbocycles. The lowest BCUT2D eigenvalue weighted by molar-refractivity contribution is -0.140. The molecule has 0 aromatic heterocycles. The molecular formula is C22H23ClN2O4. The summed E-state index contributed by atoms with van der Waals surface area (Å²) in [5.41, 5.74) is 1.18. The first-order valence-corrected chi connectivity index (χ1v) is 9.54. The van der Waals surface area contributed by atoms with Crippen molar-refractivity contribution in [1.29, 1.82) is 0 Å². The summed E-state index contributed by atoms with van der Waals surface area (Å²) in [7, 11) is 5.31. The molecule has 1 amide bonds. The van der Waals surface area contributed by atoms with Crippen molar-refractivity contribution >= 4 is 29.1 Å². The Morgan fingerprint density at radius 1 is 1.17 bits per heavy atom. The Balaban J connectivity index is 2.14. The van der Waals surface area contributed by atoms with Crippen molar-refractivity contribution in [1.82, 2.24) is 9.80 Å². The van der Waals surface area contributed by atoms with Crippen LogP contribution in [0.4, 0.5) is 0 Å². The molecule has 7 heteroatoms. The van der Waals surface area contributed by atoms with Crippen LogP contribution in [0, 0.1) is 0 Å². The van der Waals surface area contributed by atoms with Gasteiger partial charge in [-0.25, -0.2) is 0 Å². The van der Waals surface area contributed by atoms with E-state index < -0.39 is 17.7 Å². The number of amides is 1. The van der Waals surface area contributed by atoms with Crippen molar-refractivity contribution < 1.29 is 19.4 Å². The largest absolute Gasteiger partial charge is 0.507 e. The van der Waals surface area contributed by atoms with Crippen LogP contribution in [0.3, 0.4) is 0 Å². The predicted molar refractivity (Wildman–Crippen MR) is 112 cm³/mol. The van der Waals surface area contributed by atoms with Crippen molar-refractivity contribution in [3.8, 4) is 5.75 Å². The molecule has 0 unspecified atom stereocenters. The summed E-state index contributed by atoms with van der Waals surface area (Å²) < 4.78 is 5.21. The van der Waals surface area contributed by atoms with Gasteiger partial charge in [0.15, 0.2) is 0 Å². The van der Waals surface area contributed by atoms with Crippen LogP contribution in [0.25, 0.3) is 5.76 Å². The average molecular weight is 415 g/mol. The minimum absolute atomic E-state index is 0.0596. The number of methoxy groups -OCH3 is 1. The summed E-state index contributed by atoms with van der Waals surface area (Å²) in [5, 5.41) is 11.5. The van der Waals surface area contributed by atoms with Crippen molar-refractivity contribution in [3.63, 3.8) is 0 Å². The molecule has 1 fully saturated rings. The molecule has 29 heavy (non-hydrogen) atoms. The average Bonchev–Trinajstić information content (AvgIpc) is 2.97. The van der Waals surface area contributed by atoms with Crippen molar-refractivity contribution in [2.45, 2.75) is 6.04 Å². The van der Waals surface area contributed by atoms with E-state index in [0.29, 0.717) is 35.0 Å². The Kier molecular flexibility index (Phi) is 6.25. The van der Waals surface area contributed by atoms with E-state index >= 15 is 0 Å². The molecule has 0 bridgehead atoms. The van der Waals surface area contributed by atoms with Crippen LogP contribution in [-0.2, 0) is 9.59 Å². The van der Waals surface area contributed by atoms with Gasteiger partial charge in [0.25, 0.3) is 11.7 Å². The number of hydrogen-bond acceptors (Lipinski definition) is 5. The van der Waals surface area contributed by atoms with E-state index in [2.05, 4.69) is 0 Å². The number of Topliss-reactive ketones (excluding diaryl/α,β-unsaturated/α-hetero) is 1. The van der Waals surface area contributed by atoms with Gasteiger partial charge in [-0.15, -0.1) is 0 Å². The third-order valence-corrected chi connectivity index (χ3v) is 5.11. The monoisotopic (exact) mass is 414 g/mol. The van der Waals surface area contributed by atoms with Crippen molar-refractivity contribution in [3.05, 3.63) is 70.3 Å². The van der Waals surface area contributed by atoms with Gasteiger partial charge in [0.2, 0.25) is 0 Å². The Bertz CT molecular complexity index is 954. The zero-order valence-electron chi connectivity index (χ0n) is 16.6. The number of likely N-dealkylation sites (tertiary alicyclic amines) is 1. The van der Waals surface area contributed by atoms with Gasteiger partial charge in [0.05, 0.1) is 18.7 Å². The molecular weight excluding hydrogens is 392 g/mol. The number of aliphatic hydroxyl groups excluding tert-OH is 1. The molecule has 1 aliphatic rings. The lowest BCUT2D eigenvalue weighted by Crippen LogP contribution is -2.35. The number of ether oxygens (including phenoxy) is 1. The summed E-state index contributed by atoms with van der Waals surface area (Å²) in [4.78, 5) is 29.1. The second kappa shape index (κ2) is 8.68. The Labute approximate surface area is 174 Å². The smallest absolute Gasteiger partial charge is 0.295 e. The first-order chi connectivity index (χ1) is 13.8. The van der Waals surface area contributed by atoms with Gasteiger partial charge in [-0.2, -0.15) is 0 Å². The van der Waals surface area contributed by atoms with E-state index in [0.717, 1.165) is 0 Å². The van der Waals surface area contributed by atoms with E-state index in [9.17, 15) is 14.7 Å². The molecule has 3 rings (SSSR count). The second-order valence-corrected chi connectivity index (χ2v) is 7.52. The molecule has 1 N–H and O–H groups in total. The summed E-state index contributed by atoms with van der Waals surface area (Å²) in [6.07, 6.45) is 0. The highest BCUT2D eigenvalue weighted by Crippen LogP contribution is 2.39. The van der Waals surface area contributed by atoms with Crippen LogP contribution in [0.1, 0.15) is 17.2 Å². The first kappa shape index (κ1) is 20.9. The number of ketones is 1. The first-order valence-electron chi connectivity index (χ1n) is 9.16. The van der Waals surface area contributed by atoms with Crippen LogP contribution < -0.4 is 4.74 Å². The molecule has 0 radical (unpaired) electrons. The Morgan fingerprint density at radius 2 is 1.86 bits per heavy atom. The summed E-state index contributed by atoms with van der Waals surface area (Å²) in [5.74, 6) is -1.02. The number of carbonyl (C=O) groups is 2. The summed E-state index contributed by atoms with van der Waals surface area (Å²) in [6.45, 7) is 0.927. The number of likely N-dealkylation sites (N-methyl/N-ethyl adjacent to an activating group) is 1. The molecule has 1 saturated heterocycles. The molecule has 1 atom stereocenters. The van der Waals surface area contributed by atoms with E-state index in [-0.39, 0.29) is 11.3 Å². The van der Waals surface area contributed by atoms with Gasteiger partial charge < -0.3 is 19.6 Å². The quantitative estimate of drug-likeness (QED) is 0.446. The molecule has 1 aliphatic heterocycles. The van der Waals surface area contributed by atoms with Crippen LogP contribution >= 0.6 is 11.6 Å². The maximum Gasteiger partial charge on any atom is 0.295 e. The lowest BCUT2D eigenvalue weighted by Gasteiger charge is -2.26.